The first-order chi connectivity index (χ1) is 10.6. The van der Waals surface area contributed by atoms with Crippen LogP contribution in [0.2, 0.25) is 5.02 Å². The molecule has 0 aliphatic heterocycles. The Morgan fingerprint density at radius 3 is 2.23 bits per heavy atom. The maximum absolute atomic E-state index is 10.8. The second-order valence-corrected chi connectivity index (χ2v) is 6.35. The Kier molecular flexibility index (Phi) is 4.32. The van der Waals surface area contributed by atoms with Crippen LogP contribution in [0.3, 0.4) is 0 Å². The van der Waals surface area contributed by atoms with Crippen LogP contribution in [0, 0.1) is 0 Å². The van der Waals surface area contributed by atoms with E-state index in [0.29, 0.717) is 5.02 Å². The number of thiol groups is 1. The zero-order valence-corrected chi connectivity index (χ0v) is 13.3. The SMILES string of the molecule is O=[SH](=O)Cc1ccc(-n2cccc2-c2ccc(Cl)cc2)cc1. The Morgan fingerprint density at radius 2 is 1.59 bits per heavy atom. The number of hydrogen-bond acceptors (Lipinski definition) is 2. The highest BCUT2D eigenvalue weighted by atomic mass is 35.5. The highest BCUT2D eigenvalue weighted by molar-refractivity contribution is 7.71. The molecule has 0 aliphatic carbocycles. The molecule has 0 saturated carbocycles. The second-order valence-electron chi connectivity index (χ2n) is 4.93. The molecule has 3 nitrogen and oxygen atoms in total. The van der Waals surface area contributed by atoms with E-state index in [4.69, 9.17) is 11.6 Å². The number of hydrogen-bond donors (Lipinski definition) is 1. The molecule has 0 radical (unpaired) electrons. The highest BCUT2D eigenvalue weighted by Gasteiger charge is 2.06. The summed E-state index contributed by atoms with van der Waals surface area (Å²) in [5.74, 6) is 0.0747. The van der Waals surface area contributed by atoms with Crippen LogP contribution in [0.1, 0.15) is 5.56 Å². The molecule has 5 heteroatoms. The van der Waals surface area contributed by atoms with Crippen molar-refractivity contribution in [3.05, 3.63) is 77.4 Å². The average Bonchev–Trinajstić information content (AvgIpc) is 2.97. The summed E-state index contributed by atoms with van der Waals surface area (Å²) in [7, 11) is -2.40. The molecule has 2 aromatic carbocycles. The molecule has 0 unspecified atom stereocenters. The normalized spacial score (nSPS) is 11.0. The quantitative estimate of drug-likeness (QED) is 0.736. The Labute approximate surface area is 135 Å². The lowest BCUT2D eigenvalue weighted by Crippen LogP contribution is -1.96. The predicted molar refractivity (Wildman–Crippen MR) is 90.2 cm³/mol. The number of benzene rings is 2. The summed E-state index contributed by atoms with van der Waals surface area (Å²) in [6.45, 7) is 0. The van der Waals surface area contributed by atoms with Crippen LogP contribution < -0.4 is 0 Å². The summed E-state index contributed by atoms with van der Waals surface area (Å²) in [6, 6.07) is 19.2. The van der Waals surface area contributed by atoms with Crippen molar-refractivity contribution in [2.45, 2.75) is 5.75 Å². The zero-order valence-electron chi connectivity index (χ0n) is 11.6. The van der Waals surface area contributed by atoms with E-state index >= 15 is 0 Å². The third kappa shape index (κ3) is 3.24. The third-order valence-corrected chi connectivity index (χ3v) is 4.29. The van der Waals surface area contributed by atoms with Gasteiger partial charge in [0.2, 0.25) is 0 Å². The van der Waals surface area contributed by atoms with Gasteiger partial charge in [-0.25, -0.2) is 8.42 Å². The van der Waals surface area contributed by atoms with Gasteiger partial charge >= 0.3 is 0 Å². The molecule has 0 atom stereocenters. The van der Waals surface area contributed by atoms with Crippen molar-refractivity contribution in [3.63, 3.8) is 0 Å². The Balaban J connectivity index is 1.96. The van der Waals surface area contributed by atoms with Crippen LogP contribution in [-0.4, -0.2) is 13.0 Å². The smallest absolute Gasteiger partial charge is 0.144 e. The predicted octanol–water partition coefficient (Wildman–Crippen LogP) is 3.91. The number of halogens is 1. The van der Waals surface area contributed by atoms with Crippen LogP contribution in [0.15, 0.2) is 66.9 Å². The Morgan fingerprint density at radius 1 is 0.909 bits per heavy atom. The van der Waals surface area contributed by atoms with Gasteiger partial charge in [0.15, 0.2) is 0 Å². The van der Waals surface area contributed by atoms with Gasteiger partial charge in [-0.1, -0.05) is 35.9 Å². The first kappa shape index (κ1) is 14.9. The van der Waals surface area contributed by atoms with Gasteiger partial charge in [0.1, 0.15) is 10.7 Å². The fourth-order valence-corrected chi connectivity index (χ4v) is 3.01. The molecule has 0 aliphatic rings. The van der Waals surface area contributed by atoms with Crippen molar-refractivity contribution in [3.8, 4) is 16.9 Å². The lowest BCUT2D eigenvalue weighted by molar-refractivity contribution is 0.614. The van der Waals surface area contributed by atoms with Crippen molar-refractivity contribution in [2.75, 3.05) is 0 Å². The van der Waals surface area contributed by atoms with Gasteiger partial charge in [0.05, 0.1) is 11.4 Å². The van der Waals surface area contributed by atoms with E-state index in [2.05, 4.69) is 4.57 Å². The summed E-state index contributed by atoms with van der Waals surface area (Å²) in [5, 5.41) is 0.706. The van der Waals surface area contributed by atoms with Crippen LogP contribution >= 0.6 is 11.6 Å². The Bertz CT molecular complexity index is 841. The van der Waals surface area contributed by atoms with Gasteiger partial charge in [-0.15, -0.1) is 0 Å². The Hall–Kier alpha value is -2.04. The van der Waals surface area contributed by atoms with Gasteiger partial charge < -0.3 is 4.57 Å². The lowest BCUT2D eigenvalue weighted by atomic mass is 10.1. The molecule has 1 heterocycles. The standard InChI is InChI=1S/C17H14ClNO2S/c18-15-7-5-14(6-8-15)17-2-1-11-19(17)16-9-3-13(4-10-16)12-22(20)21/h1-11,22H,12H2. The second kappa shape index (κ2) is 6.38. The van der Waals surface area contributed by atoms with Gasteiger partial charge in [0, 0.05) is 16.9 Å². The van der Waals surface area contributed by atoms with Crippen LogP contribution in [0.4, 0.5) is 0 Å². The molecule has 0 N–H and O–H groups in total. The van der Waals surface area contributed by atoms with Gasteiger partial charge in [-0.2, -0.15) is 0 Å². The minimum absolute atomic E-state index is 0.0747. The molecule has 0 saturated heterocycles. The molecule has 3 aromatic rings. The van der Waals surface area contributed by atoms with Gasteiger partial charge in [0.25, 0.3) is 0 Å². The van der Waals surface area contributed by atoms with E-state index in [-0.39, 0.29) is 5.75 Å². The largest absolute Gasteiger partial charge is 0.317 e. The summed E-state index contributed by atoms with van der Waals surface area (Å²) in [6.07, 6.45) is 1.98. The topological polar surface area (TPSA) is 39.1 Å². The summed E-state index contributed by atoms with van der Waals surface area (Å²) in [4.78, 5) is 0. The van der Waals surface area contributed by atoms with E-state index in [1.165, 1.54) is 0 Å². The molecular weight excluding hydrogens is 318 g/mol. The maximum Gasteiger partial charge on any atom is 0.144 e. The number of rotatable bonds is 4. The van der Waals surface area contributed by atoms with Crippen molar-refractivity contribution in [2.24, 2.45) is 0 Å². The van der Waals surface area contributed by atoms with Gasteiger partial charge in [-0.05, 0) is 47.5 Å². The monoisotopic (exact) mass is 331 g/mol. The molecular formula is C17H14ClNO2S. The molecule has 112 valence electrons. The molecule has 0 spiro atoms. The third-order valence-electron chi connectivity index (χ3n) is 3.41. The van der Waals surface area contributed by atoms with E-state index in [0.717, 1.165) is 22.5 Å². The van der Waals surface area contributed by atoms with Crippen LogP contribution in [0.5, 0.6) is 0 Å². The summed E-state index contributed by atoms with van der Waals surface area (Å²) in [5.41, 5.74) is 3.90. The number of aromatic nitrogens is 1. The lowest BCUT2D eigenvalue weighted by Gasteiger charge is -2.10. The minimum atomic E-state index is -2.40. The minimum Gasteiger partial charge on any atom is -0.317 e. The fourth-order valence-electron chi connectivity index (χ4n) is 2.37. The average molecular weight is 332 g/mol. The molecule has 0 bridgehead atoms. The van der Waals surface area contributed by atoms with Crippen molar-refractivity contribution >= 4 is 22.3 Å². The van der Waals surface area contributed by atoms with E-state index < -0.39 is 10.7 Å². The number of nitrogens with zero attached hydrogens (tertiary/aromatic N) is 1. The molecule has 0 fully saturated rings. The van der Waals surface area contributed by atoms with Gasteiger partial charge in [-0.3, -0.25) is 0 Å². The van der Waals surface area contributed by atoms with Crippen molar-refractivity contribution in [1.82, 2.24) is 4.57 Å². The maximum atomic E-state index is 10.8. The zero-order chi connectivity index (χ0) is 15.5. The molecule has 0 amide bonds. The first-order valence-electron chi connectivity index (χ1n) is 6.78. The fraction of sp³-hybridized carbons (Fsp3) is 0.0588. The molecule has 22 heavy (non-hydrogen) atoms. The summed E-state index contributed by atoms with van der Waals surface area (Å²) >= 11 is 5.93. The summed E-state index contributed by atoms with van der Waals surface area (Å²) < 4.78 is 23.6. The first-order valence-corrected chi connectivity index (χ1v) is 8.52. The van der Waals surface area contributed by atoms with Crippen LogP contribution in [0.25, 0.3) is 16.9 Å². The highest BCUT2D eigenvalue weighted by Crippen LogP contribution is 2.25. The molecule has 1 aromatic heterocycles. The van der Waals surface area contributed by atoms with Crippen LogP contribution in [-0.2, 0) is 16.5 Å². The van der Waals surface area contributed by atoms with E-state index in [9.17, 15) is 8.42 Å². The molecule has 3 rings (SSSR count). The van der Waals surface area contributed by atoms with E-state index in [1.807, 2.05) is 66.9 Å². The van der Waals surface area contributed by atoms with E-state index in [1.54, 1.807) is 0 Å². The van der Waals surface area contributed by atoms with Crippen molar-refractivity contribution < 1.29 is 8.42 Å². The van der Waals surface area contributed by atoms with Crippen molar-refractivity contribution in [1.29, 1.82) is 0 Å².